The third kappa shape index (κ3) is 5.39. The molecule has 42 heavy (non-hydrogen) atoms. The van der Waals surface area contributed by atoms with Gasteiger partial charge in [0.2, 0.25) is 5.91 Å². The standard InChI is InChI=1S/C33H32N4O5/c1-23(30(38)35-21-24-12-6-4-7-13-24)37(31(39)28-16-10-11-19-34-28)26-17-18-29-27(20-26)33(41-2,42-3)32(40)36(29)22-25-14-8-5-9-15-25/h4-20,23H,21-22H2,1-3H3,(H,35,38). The number of methoxy groups -OCH3 is 2. The number of pyridine rings is 1. The second-order valence-electron chi connectivity index (χ2n) is 9.87. The molecule has 1 aromatic heterocycles. The Kier molecular flexibility index (Phi) is 8.42. The first kappa shape index (κ1) is 28.7. The van der Waals surface area contributed by atoms with E-state index >= 15 is 0 Å². The number of anilines is 2. The van der Waals surface area contributed by atoms with Gasteiger partial charge in [-0.25, -0.2) is 0 Å². The van der Waals surface area contributed by atoms with Gasteiger partial charge in [0.1, 0.15) is 11.7 Å². The molecule has 0 aliphatic carbocycles. The lowest BCUT2D eigenvalue weighted by Gasteiger charge is -2.30. The average molecular weight is 565 g/mol. The topological polar surface area (TPSA) is 101 Å². The van der Waals surface area contributed by atoms with Crippen molar-refractivity contribution in [2.24, 2.45) is 0 Å². The molecule has 1 atom stereocenters. The van der Waals surface area contributed by atoms with E-state index in [0.717, 1.165) is 11.1 Å². The van der Waals surface area contributed by atoms with E-state index in [1.165, 1.54) is 25.3 Å². The zero-order valence-electron chi connectivity index (χ0n) is 23.7. The molecule has 3 aromatic carbocycles. The first-order chi connectivity index (χ1) is 20.4. The Labute approximate surface area is 244 Å². The molecule has 0 fully saturated rings. The maximum Gasteiger partial charge on any atom is 0.292 e. The van der Waals surface area contributed by atoms with Crippen molar-refractivity contribution in [1.82, 2.24) is 10.3 Å². The van der Waals surface area contributed by atoms with Crippen LogP contribution < -0.4 is 15.1 Å². The highest BCUT2D eigenvalue weighted by atomic mass is 16.7. The number of hydrogen-bond donors (Lipinski definition) is 1. The number of carbonyl (C=O) groups is 3. The zero-order valence-corrected chi connectivity index (χ0v) is 23.7. The van der Waals surface area contributed by atoms with Gasteiger partial charge in [-0.15, -0.1) is 0 Å². The third-order valence-corrected chi connectivity index (χ3v) is 7.37. The Morgan fingerprint density at radius 2 is 1.55 bits per heavy atom. The van der Waals surface area contributed by atoms with Crippen LogP contribution in [-0.2, 0) is 37.9 Å². The van der Waals surface area contributed by atoms with Gasteiger partial charge in [0.15, 0.2) is 0 Å². The summed E-state index contributed by atoms with van der Waals surface area (Å²) in [5.74, 6) is -2.93. The van der Waals surface area contributed by atoms with E-state index in [1.54, 1.807) is 48.2 Å². The molecule has 9 nitrogen and oxygen atoms in total. The first-order valence-corrected chi connectivity index (χ1v) is 13.6. The number of amides is 3. The smallest absolute Gasteiger partial charge is 0.292 e. The van der Waals surface area contributed by atoms with Crippen molar-refractivity contribution < 1.29 is 23.9 Å². The Morgan fingerprint density at radius 1 is 0.905 bits per heavy atom. The molecule has 5 rings (SSSR count). The summed E-state index contributed by atoms with van der Waals surface area (Å²) in [4.78, 5) is 48.3. The molecule has 3 amide bonds. The van der Waals surface area contributed by atoms with Gasteiger partial charge in [0.25, 0.3) is 17.6 Å². The fraction of sp³-hybridized carbons (Fsp3) is 0.212. The fourth-order valence-electron chi connectivity index (χ4n) is 5.16. The molecule has 0 bridgehead atoms. The highest BCUT2D eigenvalue weighted by Gasteiger charge is 2.53. The second-order valence-corrected chi connectivity index (χ2v) is 9.87. The SMILES string of the molecule is COC1(OC)C(=O)N(Cc2ccccc2)c2ccc(N(C(=O)c3ccccn3)C(C)C(=O)NCc3ccccc3)cc21. The number of carbonyl (C=O) groups excluding carboxylic acids is 3. The van der Waals surface area contributed by atoms with Crippen molar-refractivity contribution in [3.63, 3.8) is 0 Å². The van der Waals surface area contributed by atoms with Crippen molar-refractivity contribution in [3.8, 4) is 0 Å². The fourth-order valence-corrected chi connectivity index (χ4v) is 5.16. The van der Waals surface area contributed by atoms with Crippen LogP contribution in [-0.4, -0.2) is 43.0 Å². The van der Waals surface area contributed by atoms with Gasteiger partial charge in [-0.3, -0.25) is 24.3 Å². The lowest BCUT2D eigenvalue weighted by molar-refractivity contribution is -0.209. The summed E-state index contributed by atoms with van der Waals surface area (Å²) in [6.07, 6.45) is 1.52. The Bertz CT molecular complexity index is 1560. The Balaban J connectivity index is 1.54. The van der Waals surface area contributed by atoms with Crippen molar-refractivity contribution in [3.05, 3.63) is 126 Å². The van der Waals surface area contributed by atoms with Crippen molar-refractivity contribution in [2.45, 2.75) is 31.8 Å². The number of fused-ring (bicyclic) bond motifs is 1. The minimum Gasteiger partial charge on any atom is -0.350 e. The molecule has 1 unspecified atom stereocenters. The van der Waals surface area contributed by atoms with Crippen molar-refractivity contribution >= 4 is 29.1 Å². The number of nitrogens with zero attached hydrogens (tertiary/aromatic N) is 3. The van der Waals surface area contributed by atoms with E-state index in [0.29, 0.717) is 30.0 Å². The van der Waals surface area contributed by atoms with Crippen LogP contribution >= 0.6 is 0 Å². The van der Waals surface area contributed by atoms with E-state index in [1.807, 2.05) is 60.7 Å². The minimum absolute atomic E-state index is 0.173. The van der Waals surface area contributed by atoms with Crippen LogP contribution in [0.3, 0.4) is 0 Å². The maximum atomic E-state index is 13.9. The molecule has 0 saturated heterocycles. The molecular weight excluding hydrogens is 532 g/mol. The Hall–Kier alpha value is -4.86. The van der Waals surface area contributed by atoms with Crippen molar-refractivity contribution in [2.75, 3.05) is 24.0 Å². The predicted octanol–water partition coefficient (Wildman–Crippen LogP) is 4.43. The predicted molar refractivity (Wildman–Crippen MR) is 159 cm³/mol. The summed E-state index contributed by atoms with van der Waals surface area (Å²) in [6.45, 7) is 2.26. The van der Waals surface area contributed by atoms with E-state index in [9.17, 15) is 14.4 Å². The van der Waals surface area contributed by atoms with Gasteiger partial charge >= 0.3 is 0 Å². The van der Waals surface area contributed by atoms with Gasteiger partial charge in [0, 0.05) is 38.2 Å². The zero-order chi connectivity index (χ0) is 29.7. The van der Waals surface area contributed by atoms with Gasteiger partial charge < -0.3 is 19.7 Å². The Morgan fingerprint density at radius 3 is 2.17 bits per heavy atom. The molecule has 0 spiro atoms. The molecule has 0 saturated carbocycles. The number of benzene rings is 3. The molecule has 9 heteroatoms. The molecule has 1 aliphatic heterocycles. The third-order valence-electron chi connectivity index (χ3n) is 7.37. The number of ether oxygens (including phenoxy) is 2. The van der Waals surface area contributed by atoms with E-state index in [4.69, 9.17) is 9.47 Å². The summed E-state index contributed by atoms with van der Waals surface area (Å²) >= 11 is 0. The molecule has 4 aromatic rings. The molecule has 214 valence electrons. The molecule has 1 N–H and O–H groups in total. The molecule has 2 heterocycles. The van der Waals surface area contributed by atoms with Gasteiger partial charge in [0.05, 0.1) is 12.2 Å². The summed E-state index contributed by atoms with van der Waals surface area (Å²) in [5, 5.41) is 2.92. The highest BCUT2D eigenvalue weighted by molar-refractivity contribution is 6.10. The normalized spacial score (nSPS) is 14.3. The lowest BCUT2D eigenvalue weighted by atomic mass is 10.0. The van der Waals surface area contributed by atoms with Gasteiger partial charge in [-0.1, -0.05) is 66.7 Å². The second kappa shape index (κ2) is 12.3. The molecular formula is C33H32N4O5. The van der Waals surface area contributed by atoms with Gasteiger partial charge in [-0.2, -0.15) is 0 Å². The molecule has 1 aliphatic rings. The van der Waals surface area contributed by atoms with E-state index in [-0.39, 0.29) is 17.5 Å². The number of nitrogens with one attached hydrogen (secondary N) is 1. The number of aromatic nitrogens is 1. The van der Waals surface area contributed by atoms with Crippen LogP contribution in [0, 0.1) is 0 Å². The minimum atomic E-state index is -1.72. The van der Waals surface area contributed by atoms with Crippen LogP contribution in [0.15, 0.2) is 103 Å². The van der Waals surface area contributed by atoms with E-state index in [2.05, 4.69) is 10.3 Å². The van der Waals surface area contributed by atoms with Crippen LogP contribution in [0.5, 0.6) is 0 Å². The summed E-state index contributed by atoms with van der Waals surface area (Å²) in [6, 6.07) is 28.4. The number of hydrogen-bond acceptors (Lipinski definition) is 6. The van der Waals surface area contributed by atoms with Crippen LogP contribution in [0.1, 0.15) is 34.1 Å². The van der Waals surface area contributed by atoms with Crippen LogP contribution in [0.4, 0.5) is 11.4 Å². The quantitative estimate of drug-likeness (QED) is 0.286. The summed E-state index contributed by atoms with van der Waals surface area (Å²) < 4.78 is 11.4. The lowest BCUT2D eigenvalue weighted by Crippen LogP contribution is -2.48. The summed E-state index contributed by atoms with van der Waals surface area (Å²) in [7, 11) is 2.81. The average Bonchev–Trinajstić information content (AvgIpc) is 3.27. The summed E-state index contributed by atoms with van der Waals surface area (Å²) in [5.41, 5.74) is 3.44. The van der Waals surface area contributed by atoms with Crippen LogP contribution in [0.2, 0.25) is 0 Å². The van der Waals surface area contributed by atoms with Gasteiger partial charge in [-0.05, 0) is 48.4 Å². The highest BCUT2D eigenvalue weighted by Crippen LogP contribution is 2.45. The maximum absolute atomic E-state index is 13.9. The first-order valence-electron chi connectivity index (χ1n) is 13.6. The molecule has 0 radical (unpaired) electrons. The van der Waals surface area contributed by atoms with E-state index < -0.39 is 17.7 Å². The van der Waals surface area contributed by atoms with Crippen molar-refractivity contribution in [1.29, 1.82) is 0 Å². The monoisotopic (exact) mass is 564 g/mol. The van der Waals surface area contributed by atoms with Crippen LogP contribution in [0.25, 0.3) is 0 Å². The number of rotatable bonds is 10. The largest absolute Gasteiger partial charge is 0.350 e.